The van der Waals surface area contributed by atoms with Gasteiger partial charge in [-0.15, -0.1) is 0 Å². The molecule has 31 heavy (non-hydrogen) atoms. The summed E-state index contributed by atoms with van der Waals surface area (Å²) in [7, 11) is 0. The summed E-state index contributed by atoms with van der Waals surface area (Å²) >= 11 is 0. The molecular formula is C29H49FO. The van der Waals surface area contributed by atoms with Gasteiger partial charge in [0.15, 0.2) is 5.78 Å². The lowest BCUT2D eigenvalue weighted by molar-refractivity contribution is -0.194. The van der Waals surface area contributed by atoms with Gasteiger partial charge in [0, 0.05) is 0 Å². The molecule has 0 aromatic heterocycles. The van der Waals surface area contributed by atoms with Crippen LogP contribution in [0.4, 0.5) is 4.39 Å². The van der Waals surface area contributed by atoms with Crippen molar-refractivity contribution in [3.8, 4) is 0 Å². The Bertz CT molecular complexity index is 574. The highest BCUT2D eigenvalue weighted by atomic mass is 19.1. The van der Waals surface area contributed by atoms with Crippen LogP contribution < -0.4 is 0 Å². The summed E-state index contributed by atoms with van der Waals surface area (Å²) in [6.45, 7) is 4.53. The molecule has 1 nitrogen and oxygen atoms in total. The number of rotatable bonds is 8. The van der Waals surface area contributed by atoms with Gasteiger partial charge in [-0.05, 0) is 87.9 Å². The molecule has 0 aromatic carbocycles. The van der Waals surface area contributed by atoms with Crippen LogP contribution in [0.25, 0.3) is 0 Å². The molecule has 4 aliphatic carbocycles. The van der Waals surface area contributed by atoms with Crippen molar-refractivity contribution in [2.24, 2.45) is 34.5 Å². The zero-order valence-corrected chi connectivity index (χ0v) is 20.6. The molecule has 2 heteroatoms. The number of carbonyl (C=O) groups excluding carboxylic acids is 1. The van der Waals surface area contributed by atoms with Gasteiger partial charge >= 0.3 is 0 Å². The molecule has 4 rings (SSSR count). The largest absolute Gasteiger partial charge is 0.298 e. The first-order chi connectivity index (χ1) is 15.1. The normalized spacial score (nSPS) is 43.3. The van der Waals surface area contributed by atoms with Crippen LogP contribution in [-0.4, -0.2) is 12.0 Å². The molecule has 4 saturated carbocycles. The summed E-state index contributed by atoms with van der Waals surface area (Å²) in [5.41, 5.74) is -1.13. The fraction of sp³-hybridized carbons (Fsp3) is 0.966. The molecule has 0 heterocycles. The summed E-state index contributed by atoms with van der Waals surface area (Å²) in [6.07, 6.45) is 22.1. The van der Waals surface area contributed by atoms with Gasteiger partial charge in [0.1, 0.15) is 6.17 Å². The Kier molecular flexibility index (Phi) is 7.85. The zero-order chi connectivity index (χ0) is 21.9. The number of alkyl halides is 1. The fourth-order valence-corrected chi connectivity index (χ4v) is 8.46. The summed E-state index contributed by atoms with van der Waals surface area (Å²) in [4.78, 5) is 13.4. The van der Waals surface area contributed by atoms with Crippen molar-refractivity contribution < 1.29 is 9.18 Å². The predicted molar refractivity (Wildman–Crippen MR) is 128 cm³/mol. The number of unbranched alkanes of at least 4 members (excludes halogenated alkanes) is 3. The second kappa shape index (κ2) is 10.3. The number of hydrogen-bond acceptors (Lipinski definition) is 1. The van der Waals surface area contributed by atoms with Gasteiger partial charge in [-0.3, -0.25) is 4.79 Å². The summed E-state index contributed by atoms with van der Waals surface area (Å²) in [5, 5.41) is 0. The van der Waals surface area contributed by atoms with Crippen LogP contribution in [0.1, 0.15) is 136 Å². The Morgan fingerprint density at radius 3 is 1.77 bits per heavy atom. The SMILES string of the molecule is CCCCCCC1CCC(C2CCC3(CC2)C(=O)C2(CCC(CCC)CC2)[C@H]3F)CC1. The zero-order valence-electron chi connectivity index (χ0n) is 20.6. The standard InChI is InChI=1S/C29H49FO/c1-3-5-6-7-9-23-10-12-24(13-11-23)25-16-20-29(21-17-25)26(30)28(27(29)31)18-14-22(8-4-2)15-19-28/h22-26H,3-21H2,1-2H3/t22?,23?,24?,25?,26-,28?,29?/m1/s1. The fourth-order valence-electron chi connectivity index (χ4n) is 8.46. The third-order valence-corrected chi connectivity index (χ3v) is 10.5. The molecule has 0 N–H and O–H groups in total. The maximum absolute atomic E-state index is 15.7. The van der Waals surface area contributed by atoms with Gasteiger partial charge < -0.3 is 0 Å². The quantitative estimate of drug-likeness (QED) is 0.350. The van der Waals surface area contributed by atoms with Crippen molar-refractivity contribution in [3.05, 3.63) is 0 Å². The highest BCUT2D eigenvalue weighted by Crippen LogP contribution is 2.66. The average Bonchev–Trinajstić information content (AvgIpc) is 2.82. The lowest BCUT2D eigenvalue weighted by Crippen LogP contribution is -2.69. The molecule has 0 radical (unpaired) electrons. The number of hydrogen-bond donors (Lipinski definition) is 0. The highest BCUT2D eigenvalue weighted by molar-refractivity contribution is 5.98. The Morgan fingerprint density at radius 2 is 1.23 bits per heavy atom. The lowest BCUT2D eigenvalue weighted by atomic mass is 9.41. The van der Waals surface area contributed by atoms with Crippen molar-refractivity contribution in [1.29, 1.82) is 0 Å². The molecule has 0 unspecified atom stereocenters. The molecular weight excluding hydrogens is 383 g/mol. The van der Waals surface area contributed by atoms with Gasteiger partial charge in [0.2, 0.25) is 0 Å². The van der Waals surface area contributed by atoms with Gasteiger partial charge in [-0.1, -0.05) is 71.6 Å². The van der Waals surface area contributed by atoms with Gasteiger partial charge in [0.25, 0.3) is 0 Å². The smallest absolute Gasteiger partial charge is 0.151 e. The maximum Gasteiger partial charge on any atom is 0.151 e. The molecule has 4 fully saturated rings. The summed E-state index contributed by atoms with van der Waals surface area (Å²) < 4.78 is 15.7. The minimum atomic E-state index is -0.838. The first kappa shape index (κ1) is 23.7. The van der Waals surface area contributed by atoms with Crippen LogP contribution in [-0.2, 0) is 4.79 Å². The van der Waals surface area contributed by atoms with Crippen LogP contribution in [0.3, 0.4) is 0 Å². The van der Waals surface area contributed by atoms with Crippen molar-refractivity contribution >= 4 is 5.78 Å². The Hall–Kier alpha value is -0.400. The van der Waals surface area contributed by atoms with Gasteiger partial charge in [0.05, 0.1) is 10.8 Å². The van der Waals surface area contributed by atoms with E-state index in [4.69, 9.17) is 0 Å². The lowest BCUT2D eigenvalue weighted by Gasteiger charge is -2.61. The van der Waals surface area contributed by atoms with Crippen LogP contribution in [0.15, 0.2) is 0 Å². The van der Waals surface area contributed by atoms with Crippen molar-refractivity contribution in [3.63, 3.8) is 0 Å². The molecule has 0 bridgehead atoms. The molecule has 4 aliphatic rings. The van der Waals surface area contributed by atoms with Crippen LogP contribution in [0.5, 0.6) is 0 Å². The molecule has 0 amide bonds. The topological polar surface area (TPSA) is 17.1 Å². The van der Waals surface area contributed by atoms with E-state index < -0.39 is 17.0 Å². The van der Waals surface area contributed by atoms with Crippen molar-refractivity contribution in [2.75, 3.05) is 0 Å². The Morgan fingerprint density at radius 1 is 0.677 bits per heavy atom. The molecule has 178 valence electrons. The monoisotopic (exact) mass is 432 g/mol. The second-order valence-corrected chi connectivity index (χ2v) is 12.2. The minimum absolute atomic E-state index is 0.358. The Labute approximate surface area is 191 Å². The van der Waals surface area contributed by atoms with E-state index >= 15 is 4.39 Å². The molecule has 0 aromatic rings. The molecule has 2 spiro atoms. The third kappa shape index (κ3) is 4.52. The summed E-state index contributed by atoms with van der Waals surface area (Å²) in [6, 6.07) is 0. The first-order valence-electron chi connectivity index (χ1n) is 14.2. The molecule has 1 atom stereocenters. The van der Waals surface area contributed by atoms with E-state index in [1.54, 1.807) is 0 Å². The highest BCUT2D eigenvalue weighted by Gasteiger charge is 2.71. The van der Waals surface area contributed by atoms with Gasteiger partial charge in [-0.25, -0.2) is 4.39 Å². The molecule has 0 aliphatic heterocycles. The number of ketones is 1. The Balaban J connectivity index is 1.22. The van der Waals surface area contributed by atoms with E-state index in [0.29, 0.717) is 5.78 Å². The maximum atomic E-state index is 15.7. The van der Waals surface area contributed by atoms with E-state index in [2.05, 4.69) is 13.8 Å². The van der Waals surface area contributed by atoms with Crippen LogP contribution >= 0.6 is 0 Å². The van der Waals surface area contributed by atoms with E-state index in [0.717, 1.165) is 75.0 Å². The number of halogens is 1. The van der Waals surface area contributed by atoms with Crippen molar-refractivity contribution in [1.82, 2.24) is 0 Å². The van der Waals surface area contributed by atoms with Crippen LogP contribution in [0.2, 0.25) is 0 Å². The van der Waals surface area contributed by atoms with Crippen LogP contribution in [0, 0.1) is 34.5 Å². The van der Waals surface area contributed by atoms with E-state index in [9.17, 15) is 4.79 Å². The van der Waals surface area contributed by atoms with Crippen molar-refractivity contribution in [2.45, 2.75) is 142 Å². The summed E-state index contributed by atoms with van der Waals surface area (Å²) in [5.74, 6) is 3.69. The van der Waals surface area contributed by atoms with Gasteiger partial charge in [-0.2, -0.15) is 0 Å². The third-order valence-electron chi connectivity index (χ3n) is 10.5. The second-order valence-electron chi connectivity index (χ2n) is 12.2. The number of Topliss-reactive ketones (excluding diaryl/α,β-unsaturated/α-hetero) is 1. The van der Waals surface area contributed by atoms with E-state index in [-0.39, 0.29) is 0 Å². The van der Waals surface area contributed by atoms with E-state index in [1.807, 2.05) is 0 Å². The first-order valence-corrected chi connectivity index (χ1v) is 14.2. The average molecular weight is 433 g/mol. The minimum Gasteiger partial charge on any atom is -0.298 e. The number of carbonyl (C=O) groups is 1. The predicted octanol–water partition coefficient (Wildman–Crippen LogP) is 8.84. The van der Waals surface area contributed by atoms with E-state index in [1.165, 1.54) is 70.6 Å². The molecule has 0 saturated heterocycles.